The first-order valence-electron chi connectivity index (χ1n) is 7.36. The zero-order chi connectivity index (χ0) is 15.0. The fourth-order valence-corrected chi connectivity index (χ4v) is 2.98. The van der Waals surface area contributed by atoms with Gasteiger partial charge in [0, 0.05) is 25.9 Å². The Hall–Kier alpha value is -1.60. The van der Waals surface area contributed by atoms with Crippen molar-refractivity contribution in [2.45, 2.75) is 39.0 Å². The zero-order valence-corrected chi connectivity index (χ0v) is 12.6. The van der Waals surface area contributed by atoms with Crippen molar-refractivity contribution in [3.05, 3.63) is 11.4 Å². The van der Waals surface area contributed by atoms with Gasteiger partial charge in [-0.2, -0.15) is 5.10 Å². The summed E-state index contributed by atoms with van der Waals surface area (Å²) in [5, 5.41) is 4.31. The Labute approximate surface area is 124 Å². The molecule has 2 aliphatic heterocycles. The van der Waals surface area contributed by atoms with Crippen molar-refractivity contribution in [2.24, 2.45) is 0 Å². The van der Waals surface area contributed by atoms with Gasteiger partial charge in [0.25, 0.3) is 0 Å². The molecule has 0 saturated carbocycles. The van der Waals surface area contributed by atoms with Crippen LogP contribution in [0.15, 0.2) is 0 Å². The lowest BCUT2D eigenvalue weighted by molar-refractivity contribution is -0.187. The minimum atomic E-state index is -0.445. The summed E-state index contributed by atoms with van der Waals surface area (Å²) in [6, 6.07) is 0. The van der Waals surface area contributed by atoms with Crippen molar-refractivity contribution in [2.75, 3.05) is 32.0 Å². The molecule has 2 aliphatic rings. The predicted molar refractivity (Wildman–Crippen MR) is 76.6 cm³/mol. The van der Waals surface area contributed by atoms with Crippen LogP contribution in [0, 0.1) is 13.8 Å². The summed E-state index contributed by atoms with van der Waals surface area (Å²) in [4.78, 5) is 14.2. The van der Waals surface area contributed by atoms with Gasteiger partial charge >= 0.3 is 0 Å². The number of rotatable bonds is 2. The van der Waals surface area contributed by atoms with Crippen molar-refractivity contribution < 1.29 is 14.3 Å². The second-order valence-electron chi connectivity index (χ2n) is 5.73. The van der Waals surface area contributed by atoms with Crippen molar-refractivity contribution >= 4 is 11.6 Å². The van der Waals surface area contributed by atoms with Crippen LogP contribution in [-0.4, -0.2) is 52.7 Å². The van der Waals surface area contributed by atoms with Crippen LogP contribution in [0.2, 0.25) is 0 Å². The maximum atomic E-state index is 12.4. The number of aryl methyl sites for hydroxylation is 1. The van der Waals surface area contributed by atoms with Crippen LogP contribution in [-0.2, 0) is 20.8 Å². The predicted octanol–water partition coefficient (Wildman–Crippen LogP) is 0.448. The molecular formula is C14H22N4O3. The van der Waals surface area contributed by atoms with E-state index in [1.54, 1.807) is 4.68 Å². The Kier molecular flexibility index (Phi) is 3.62. The van der Waals surface area contributed by atoms with Gasteiger partial charge < -0.3 is 20.1 Å². The molecule has 21 heavy (non-hydrogen) atoms. The number of amides is 1. The van der Waals surface area contributed by atoms with E-state index in [4.69, 9.17) is 15.2 Å². The highest BCUT2D eigenvalue weighted by atomic mass is 16.7. The van der Waals surface area contributed by atoms with Crippen molar-refractivity contribution in [3.63, 3.8) is 0 Å². The lowest BCUT2D eigenvalue weighted by Crippen LogP contribution is -2.48. The molecule has 0 aromatic carbocycles. The third kappa shape index (κ3) is 2.63. The van der Waals surface area contributed by atoms with E-state index in [-0.39, 0.29) is 12.5 Å². The second-order valence-corrected chi connectivity index (χ2v) is 5.73. The maximum absolute atomic E-state index is 12.4. The molecule has 0 unspecified atom stereocenters. The van der Waals surface area contributed by atoms with Gasteiger partial charge in [0.05, 0.1) is 30.3 Å². The Morgan fingerprint density at radius 1 is 1.29 bits per heavy atom. The van der Waals surface area contributed by atoms with Crippen molar-refractivity contribution in [3.8, 4) is 0 Å². The Bertz CT molecular complexity index is 539. The van der Waals surface area contributed by atoms with Crippen LogP contribution in [0.1, 0.15) is 24.2 Å². The van der Waals surface area contributed by atoms with Gasteiger partial charge in [-0.1, -0.05) is 0 Å². The monoisotopic (exact) mass is 294 g/mol. The van der Waals surface area contributed by atoms with Crippen LogP contribution in [0.25, 0.3) is 0 Å². The molecule has 0 radical (unpaired) electrons. The fraction of sp³-hybridized carbons (Fsp3) is 0.714. The van der Waals surface area contributed by atoms with Crippen LogP contribution in [0.4, 0.5) is 5.69 Å². The number of carbonyl (C=O) groups is 1. The van der Waals surface area contributed by atoms with Crippen molar-refractivity contribution in [1.29, 1.82) is 0 Å². The van der Waals surface area contributed by atoms with E-state index in [0.717, 1.165) is 24.2 Å². The maximum Gasteiger partial charge on any atom is 0.244 e. The molecule has 1 amide bonds. The number of ether oxygens (including phenoxy) is 2. The molecule has 116 valence electrons. The Balaban J connectivity index is 1.60. The molecule has 1 spiro atoms. The molecule has 2 N–H and O–H groups in total. The summed E-state index contributed by atoms with van der Waals surface area (Å²) < 4.78 is 13.0. The number of carbonyl (C=O) groups excluding carboxylic acids is 1. The smallest absolute Gasteiger partial charge is 0.244 e. The van der Waals surface area contributed by atoms with Crippen LogP contribution in [0.5, 0.6) is 0 Å². The largest absolute Gasteiger partial charge is 0.396 e. The SMILES string of the molecule is Cc1nn(CC(=O)N2CCC3(CC2)OCCO3)c(C)c1N. The third-order valence-electron chi connectivity index (χ3n) is 4.41. The number of nitrogens with two attached hydrogens (primary N) is 1. The molecule has 3 rings (SSSR count). The number of likely N-dealkylation sites (tertiary alicyclic amines) is 1. The molecule has 2 fully saturated rings. The summed E-state index contributed by atoms with van der Waals surface area (Å²) >= 11 is 0. The lowest BCUT2D eigenvalue weighted by Gasteiger charge is -2.37. The van der Waals surface area contributed by atoms with E-state index in [1.165, 1.54) is 0 Å². The molecule has 2 saturated heterocycles. The van der Waals surface area contributed by atoms with Gasteiger partial charge in [-0.25, -0.2) is 0 Å². The molecule has 0 aliphatic carbocycles. The van der Waals surface area contributed by atoms with Crippen LogP contribution >= 0.6 is 0 Å². The third-order valence-corrected chi connectivity index (χ3v) is 4.41. The van der Waals surface area contributed by atoms with E-state index >= 15 is 0 Å². The van der Waals surface area contributed by atoms with Gasteiger partial charge in [-0.05, 0) is 13.8 Å². The zero-order valence-electron chi connectivity index (χ0n) is 12.6. The summed E-state index contributed by atoms with van der Waals surface area (Å²) in [5.41, 5.74) is 8.17. The first-order chi connectivity index (χ1) is 10.0. The highest BCUT2D eigenvalue weighted by Gasteiger charge is 2.40. The number of anilines is 1. The van der Waals surface area contributed by atoms with E-state index in [0.29, 0.717) is 32.0 Å². The number of aromatic nitrogens is 2. The topological polar surface area (TPSA) is 82.6 Å². The summed E-state index contributed by atoms with van der Waals surface area (Å²) in [6.07, 6.45) is 1.47. The molecule has 7 nitrogen and oxygen atoms in total. The molecular weight excluding hydrogens is 272 g/mol. The first kappa shape index (κ1) is 14.3. The van der Waals surface area contributed by atoms with Crippen molar-refractivity contribution in [1.82, 2.24) is 14.7 Å². The van der Waals surface area contributed by atoms with E-state index in [1.807, 2.05) is 18.7 Å². The number of nitrogen functional groups attached to an aromatic ring is 1. The molecule has 0 atom stereocenters. The molecule has 1 aromatic heterocycles. The quantitative estimate of drug-likeness (QED) is 0.856. The molecule has 1 aromatic rings. The highest BCUT2D eigenvalue weighted by molar-refractivity contribution is 5.76. The van der Waals surface area contributed by atoms with Gasteiger partial charge in [-0.15, -0.1) is 0 Å². The second kappa shape index (κ2) is 5.31. The lowest BCUT2D eigenvalue weighted by atomic mass is 10.0. The summed E-state index contributed by atoms with van der Waals surface area (Å²) in [7, 11) is 0. The minimum Gasteiger partial charge on any atom is -0.396 e. The number of hydrogen-bond donors (Lipinski definition) is 1. The highest BCUT2D eigenvalue weighted by Crippen LogP contribution is 2.31. The van der Waals surface area contributed by atoms with Crippen LogP contribution < -0.4 is 5.73 Å². The molecule has 7 heteroatoms. The Morgan fingerprint density at radius 2 is 1.90 bits per heavy atom. The Morgan fingerprint density at radius 3 is 2.43 bits per heavy atom. The average molecular weight is 294 g/mol. The standard InChI is InChI=1S/C14H22N4O3/c1-10-13(15)11(2)18(16-10)9-12(19)17-5-3-14(4-6-17)20-7-8-21-14/h3-9,15H2,1-2H3. The van der Waals surface area contributed by atoms with Crippen LogP contribution in [0.3, 0.4) is 0 Å². The van der Waals surface area contributed by atoms with Gasteiger partial charge in [0.2, 0.25) is 5.91 Å². The number of hydrogen-bond acceptors (Lipinski definition) is 5. The number of nitrogens with zero attached hydrogens (tertiary/aromatic N) is 3. The summed E-state index contributed by atoms with van der Waals surface area (Å²) in [6.45, 7) is 6.59. The fourth-order valence-electron chi connectivity index (χ4n) is 2.98. The van der Waals surface area contributed by atoms with Gasteiger partial charge in [0.15, 0.2) is 5.79 Å². The minimum absolute atomic E-state index is 0.0634. The van der Waals surface area contributed by atoms with E-state index in [9.17, 15) is 4.79 Å². The molecule has 0 bridgehead atoms. The first-order valence-corrected chi connectivity index (χ1v) is 7.36. The average Bonchev–Trinajstić information content (AvgIpc) is 3.01. The van der Waals surface area contributed by atoms with E-state index < -0.39 is 5.79 Å². The normalized spacial score (nSPS) is 21.1. The molecule has 3 heterocycles. The number of piperidine rings is 1. The van der Waals surface area contributed by atoms with E-state index in [2.05, 4.69) is 5.10 Å². The summed E-state index contributed by atoms with van der Waals surface area (Å²) in [5.74, 6) is -0.382. The van der Waals surface area contributed by atoms with Gasteiger partial charge in [0.1, 0.15) is 6.54 Å². The van der Waals surface area contributed by atoms with Gasteiger partial charge in [-0.3, -0.25) is 9.48 Å².